The summed E-state index contributed by atoms with van der Waals surface area (Å²) < 4.78 is 40.3. The van der Waals surface area contributed by atoms with Crippen molar-refractivity contribution < 1.29 is 13.2 Å². The van der Waals surface area contributed by atoms with Crippen LogP contribution in [0, 0.1) is 0 Å². The summed E-state index contributed by atoms with van der Waals surface area (Å²) in [6.07, 6.45) is -3.06. The second-order valence-corrected chi connectivity index (χ2v) is 5.42. The molecule has 0 aliphatic carbocycles. The Morgan fingerprint density at radius 2 is 1.95 bits per heavy atom. The Hall–Kier alpha value is -1.08. The van der Waals surface area contributed by atoms with E-state index in [1.165, 1.54) is 4.57 Å². The molecule has 0 radical (unpaired) electrons. The summed E-state index contributed by atoms with van der Waals surface area (Å²) in [5.41, 5.74) is -0.473. The number of hydrogen-bond acceptors (Lipinski definition) is 2. The lowest BCUT2D eigenvalue weighted by molar-refractivity contribution is -0.137. The number of aryl methyl sites for hydroxylation is 1. The maximum atomic E-state index is 12.8. The van der Waals surface area contributed by atoms with Gasteiger partial charge in [-0.1, -0.05) is 22.9 Å². The standard InChI is InChI=1S/C12H10BrClF3N3/c1-2-3-10-18-19-11(14)20(10)9-5-7(12(15,16)17)4-8(13)6-9/h4-6H,2-3H2,1H3. The van der Waals surface area contributed by atoms with Crippen molar-refractivity contribution in [2.45, 2.75) is 25.9 Å². The highest BCUT2D eigenvalue weighted by Crippen LogP contribution is 2.33. The minimum atomic E-state index is -4.43. The molecule has 0 amide bonds. The molecule has 108 valence electrons. The summed E-state index contributed by atoms with van der Waals surface area (Å²) >= 11 is 9.01. The number of nitrogens with zero attached hydrogens (tertiary/aromatic N) is 3. The zero-order chi connectivity index (χ0) is 14.9. The van der Waals surface area contributed by atoms with Crippen molar-refractivity contribution in [3.8, 4) is 5.69 Å². The van der Waals surface area contributed by atoms with Gasteiger partial charge in [-0.15, -0.1) is 10.2 Å². The van der Waals surface area contributed by atoms with Crippen molar-refractivity contribution >= 4 is 27.5 Å². The van der Waals surface area contributed by atoms with Crippen LogP contribution >= 0.6 is 27.5 Å². The van der Waals surface area contributed by atoms with Crippen molar-refractivity contribution in [1.29, 1.82) is 0 Å². The number of rotatable bonds is 3. The number of aromatic nitrogens is 3. The van der Waals surface area contributed by atoms with Gasteiger partial charge < -0.3 is 0 Å². The first kappa shape index (κ1) is 15.3. The van der Waals surface area contributed by atoms with E-state index in [0.29, 0.717) is 16.7 Å². The Morgan fingerprint density at radius 3 is 2.55 bits per heavy atom. The van der Waals surface area contributed by atoms with Crippen molar-refractivity contribution in [3.05, 3.63) is 39.3 Å². The normalized spacial score (nSPS) is 11.9. The number of hydrogen-bond donors (Lipinski definition) is 0. The van der Waals surface area contributed by atoms with E-state index < -0.39 is 11.7 Å². The summed E-state index contributed by atoms with van der Waals surface area (Å²) in [6, 6.07) is 3.59. The molecule has 0 N–H and O–H groups in total. The second-order valence-electron chi connectivity index (χ2n) is 4.17. The van der Waals surface area contributed by atoms with Crippen LogP contribution in [0.15, 0.2) is 22.7 Å². The Bertz CT molecular complexity index is 625. The summed E-state index contributed by atoms with van der Waals surface area (Å²) in [4.78, 5) is 0. The molecule has 3 nitrogen and oxygen atoms in total. The van der Waals surface area contributed by atoms with Gasteiger partial charge in [-0.05, 0) is 36.2 Å². The minimum Gasteiger partial charge on any atom is -0.270 e. The van der Waals surface area contributed by atoms with Crippen LogP contribution in [0.2, 0.25) is 5.28 Å². The van der Waals surface area contributed by atoms with E-state index >= 15 is 0 Å². The fourth-order valence-electron chi connectivity index (χ4n) is 1.80. The van der Waals surface area contributed by atoms with Crippen LogP contribution < -0.4 is 0 Å². The summed E-state index contributed by atoms with van der Waals surface area (Å²) in [5, 5.41) is 7.64. The van der Waals surface area contributed by atoms with Gasteiger partial charge in [0.2, 0.25) is 5.28 Å². The molecule has 1 heterocycles. The molecule has 0 fully saturated rings. The van der Waals surface area contributed by atoms with Gasteiger partial charge in [-0.2, -0.15) is 13.2 Å². The Labute approximate surface area is 126 Å². The summed E-state index contributed by atoms with van der Waals surface area (Å²) in [7, 11) is 0. The molecule has 0 saturated carbocycles. The Morgan fingerprint density at radius 1 is 1.25 bits per heavy atom. The zero-order valence-electron chi connectivity index (χ0n) is 10.4. The molecule has 2 aromatic rings. The molecule has 20 heavy (non-hydrogen) atoms. The first-order valence-electron chi connectivity index (χ1n) is 5.81. The number of halogens is 5. The average molecular weight is 369 g/mol. The van der Waals surface area contributed by atoms with Gasteiger partial charge in [0.1, 0.15) is 5.82 Å². The van der Waals surface area contributed by atoms with Crippen molar-refractivity contribution in [2.75, 3.05) is 0 Å². The molecule has 1 aromatic carbocycles. The van der Waals surface area contributed by atoms with Gasteiger partial charge in [0.15, 0.2) is 0 Å². The Balaban J connectivity index is 2.58. The van der Waals surface area contributed by atoms with Gasteiger partial charge in [-0.25, -0.2) is 0 Å². The highest BCUT2D eigenvalue weighted by atomic mass is 79.9. The Kier molecular flexibility index (Phi) is 4.39. The number of benzene rings is 1. The van der Waals surface area contributed by atoms with Gasteiger partial charge in [0.05, 0.1) is 11.3 Å². The maximum Gasteiger partial charge on any atom is 0.416 e. The maximum absolute atomic E-state index is 12.8. The first-order chi connectivity index (χ1) is 9.32. The highest BCUT2D eigenvalue weighted by Gasteiger charge is 2.31. The molecule has 0 atom stereocenters. The van der Waals surface area contributed by atoms with Crippen molar-refractivity contribution in [1.82, 2.24) is 14.8 Å². The lowest BCUT2D eigenvalue weighted by Gasteiger charge is -2.12. The van der Waals surface area contributed by atoms with Gasteiger partial charge in [0.25, 0.3) is 0 Å². The van der Waals surface area contributed by atoms with E-state index in [9.17, 15) is 13.2 Å². The largest absolute Gasteiger partial charge is 0.416 e. The van der Waals surface area contributed by atoms with Crippen LogP contribution in [0.5, 0.6) is 0 Å². The topological polar surface area (TPSA) is 30.7 Å². The third-order valence-corrected chi connectivity index (χ3v) is 3.33. The second kappa shape index (κ2) is 5.73. The molecule has 1 aromatic heterocycles. The lowest BCUT2D eigenvalue weighted by Crippen LogP contribution is -2.08. The zero-order valence-corrected chi connectivity index (χ0v) is 12.7. The predicted octanol–water partition coefficient (Wildman–Crippen LogP) is 4.65. The molecule has 8 heteroatoms. The lowest BCUT2D eigenvalue weighted by atomic mass is 10.2. The van der Waals surface area contributed by atoms with E-state index in [1.807, 2.05) is 6.92 Å². The minimum absolute atomic E-state index is 0.0414. The molecule has 0 spiro atoms. The van der Waals surface area contributed by atoms with Crippen LogP contribution in [0.3, 0.4) is 0 Å². The summed E-state index contributed by atoms with van der Waals surface area (Å²) in [6.45, 7) is 1.94. The smallest absolute Gasteiger partial charge is 0.270 e. The third kappa shape index (κ3) is 3.15. The molecule has 0 aliphatic heterocycles. The van der Waals surface area contributed by atoms with Crippen molar-refractivity contribution in [2.24, 2.45) is 0 Å². The van der Waals surface area contributed by atoms with Gasteiger partial charge >= 0.3 is 6.18 Å². The van der Waals surface area contributed by atoms with Crippen LogP contribution in [0.1, 0.15) is 24.7 Å². The fraction of sp³-hybridized carbons (Fsp3) is 0.333. The average Bonchev–Trinajstić information content (AvgIpc) is 2.69. The number of alkyl halides is 3. The molecule has 0 bridgehead atoms. The van der Waals surface area contributed by atoms with Crippen LogP contribution in [-0.2, 0) is 12.6 Å². The quantitative estimate of drug-likeness (QED) is 0.789. The van der Waals surface area contributed by atoms with E-state index in [0.717, 1.165) is 18.6 Å². The predicted molar refractivity (Wildman–Crippen MR) is 73.1 cm³/mol. The first-order valence-corrected chi connectivity index (χ1v) is 6.98. The fourth-order valence-corrected chi connectivity index (χ4v) is 2.52. The highest BCUT2D eigenvalue weighted by molar-refractivity contribution is 9.10. The van der Waals surface area contributed by atoms with Crippen LogP contribution in [0.25, 0.3) is 5.69 Å². The molecule has 0 unspecified atom stereocenters. The molecular formula is C12H10BrClF3N3. The molecule has 0 aliphatic rings. The van der Waals surface area contributed by atoms with Crippen LogP contribution in [-0.4, -0.2) is 14.8 Å². The molecular weight excluding hydrogens is 359 g/mol. The monoisotopic (exact) mass is 367 g/mol. The van der Waals surface area contributed by atoms with E-state index in [-0.39, 0.29) is 11.0 Å². The SMILES string of the molecule is CCCc1nnc(Cl)n1-c1cc(Br)cc(C(F)(F)F)c1. The van der Waals surface area contributed by atoms with Crippen LogP contribution in [0.4, 0.5) is 13.2 Å². The molecule has 0 saturated heterocycles. The van der Waals surface area contributed by atoms with E-state index in [1.54, 1.807) is 6.07 Å². The summed E-state index contributed by atoms with van der Waals surface area (Å²) in [5.74, 6) is 0.531. The van der Waals surface area contributed by atoms with E-state index in [4.69, 9.17) is 11.6 Å². The van der Waals surface area contributed by atoms with E-state index in [2.05, 4.69) is 26.1 Å². The van der Waals surface area contributed by atoms with Gasteiger partial charge in [0, 0.05) is 10.9 Å². The third-order valence-electron chi connectivity index (χ3n) is 2.63. The van der Waals surface area contributed by atoms with Gasteiger partial charge in [-0.3, -0.25) is 4.57 Å². The van der Waals surface area contributed by atoms with Crippen molar-refractivity contribution in [3.63, 3.8) is 0 Å². The molecule has 2 rings (SSSR count).